The Morgan fingerprint density at radius 2 is 1.62 bits per heavy atom. The lowest BCUT2D eigenvalue weighted by molar-refractivity contribution is -0.275. The average Bonchev–Trinajstić information content (AvgIpc) is 2.51. The van der Waals surface area contributed by atoms with Crippen molar-refractivity contribution in [3.8, 4) is 5.75 Å². The van der Waals surface area contributed by atoms with Gasteiger partial charge in [0.2, 0.25) is 10.0 Å². The summed E-state index contributed by atoms with van der Waals surface area (Å²) < 4.78 is 79.2. The first-order valence-corrected chi connectivity index (χ1v) is 10.1. The molecule has 0 saturated carbocycles. The Morgan fingerprint density at radius 3 is 2.08 bits per heavy atom. The number of ether oxygens (including phenoxy) is 3. The second-order valence-corrected chi connectivity index (χ2v) is 7.76. The van der Waals surface area contributed by atoms with Gasteiger partial charge in [-0.05, 0) is 32.0 Å². The number of alkyl halides is 3. The van der Waals surface area contributed by atoms with Crippen LogP contribution in [-0.2, 0) is 19.5 Å². The van der Waals surface area contributed by atoms with E-state index < -0.39 is 27.0 Å². The van der Waals surface area contributed by atoms with Crippen LogP contribution in [0.25, 0.3) is 0 Å². The molecule has 1 aromatic carbocycles. The fourth-order valence-corrected chi connectivity index (χ4v) is 3.85. The Hall–Kier alpha value is -0.880. The molecular weight excluding hydrogens is 443 g/mol. The highest BCUT2D eigenvalue weighted by Gasteiger charge is 2.35. The molecule has 1 rings (SSSR count). The molecule has 0 N–H and O–H groups in total. The van der Waals surface area contributed by atoms with Crippen molar-refractivity contribution in [1.82, 2.24) is 4.31 Å². The van der Waals surface area contributed by atoms with Crippen LogP contribution in [0.1, 0.15) is 13.8 Å². The summed E-state index contributed by atoms with van der Waals surface area (Å²) in [5.74, 6) is -0.801. The first-order chi connectivity index (χ1) is 12.1. The molecular formula is C15H21BrF3NO5S. The Bertz CT molecular complexity index is 660. The minimum Gasteiger partial charge on any atom is -0.404 e. The van der Waals surface area contributed by atoms with E-state index in [4.69, 9.17) is 9.47 Å². The van der Waals surface area contributed by atoms with Crippen molar-refractivity contribution in [1.29, 1.82) is 0 Å². The van der Waals surface area contributed by atoms with E-state index >= 15 is 0 Å². The van der Waals surface area contributed by atoms with Gasteiger partial charge in [0.05, 0.1) is 13.2 Å². The van der Waals surface area contributed by atoms with Gasteiger partial charge in [-0.25, -0.2) is 8.42 Å². The van der Waals surface area contributed by atoms with Gasteiger partial charge in [0.1, 0.15) is 4.90 Å². The SMILES string of the molecule is CCOCCN(CCOCC)S(=O)(=O)c1ccc(Br)cc1OC(F)(F)F. The summed E-state index contributed by atoms with van der Waals surface area (Å²) in [5.41, 5.74) is 0. The minimum absolute atomic E-state index is 0.0230. The Labute approximate surface area is 159 Å². The summed E-state index contributed by atoms with van der Waals surface area (Å²) in [5, 5.41) is 0. The lowest BCUT2D eigenvalue weighted by Gasteiger charge is -2.23. The van der Waals surface area contributed by atoms with Crippen molar-refractivity contribution in [3.05, 3.63) is 22.7 Å². The summed E-state index contributed by atoms with van der Waals surface area (Å²) >= 11 is 3.01. The van der Waals surface area contributed by atoms with Crippen LogP contribution >= 0.6 is 15.9 Å². The molecule has 0 unspecified atom stereocenters. The Balaban J connectivity index is 3.19. The van der Waals surface area contributed by atoms with E-state index in [0.29, 0.717) is 13.2 Å². The monoisotopic (exact) mass is 463 g/mol. The second-order valence-electron chi connectivity index (χ2n) is 4.94. The zero-order chi connectivity index (χ0) is 19.8. The highest BCUT2D eigenvalue weighted by atomic mass is 79.9. The van der Waals surface area contributed by atoms with Crippen molar-refractivity contribution in [2.75, 3.05) is 39.5 Å². The molecule has 0 spiro atoms. The molecule has 0 aliphatic carbocycles. The molecule has 150 valence electrons. The van der Waals surface area contributed by atoms with E-state index in [9.17, 15) is 21.6 Å². The largest absolute Gasteiger partial charge is 0.573 e. The maximum Gasteiger partial charge on any atom is 0.573 e. The molecule has 6 nitrogen and oxygen atoms in total. The van der Waals surface area contributed by atoms with Gasteiger partial charge in [0, 0.05) is 30.8 Å². The number of hydrogen-bond donors (Lipinski definition) is 0. The van der Waals surface area contributed by atoms with Crippen LogP contribution in [0.3, 0.4) is 0 Å². The zero-order valence-electron chi connectivity index (χ0n) is 14.4. The normalized spacial score (nSPS) is 12.6. The van der Waals surface area contributed by atoms with E-state index in [2.05, 4.69) is 20.7 Å². The molecule has 0 radical (unpaired) electrons. The molecule has 0 aliphatic heterocycles. The third kappa shape index (κ3) is 7.39. The first-order valence-electron chi connectivity index (χ1n) is 7.82. The molecule has 0 bridgehead atoms. The van der Waals surface area contributed by atoms with Gasteiger partial charge >= 0.3 is 6.36 Å². The molecule has 0 atom stereocenters. The van der Waals surface area contributed by atoms with Crippen LogP contribution < -0.4 is 4.74 Å². The van der Waals surface area contributed by atoms with Gasteiger partial charge in [0.25, 0.3) is 0 Å². The molecule has 0 amide bonds. The van der Waals surface area contributed by atoms with Crippen LogP contribution in [0.15, 0.2) is 27.6 Å². The Kier molecular flexibility index (Phi) is 9.31. The van der Waals surface area contributed by atoms with Crippen molar-refractivity contribution in [2.24, 2.45) is 0 Å². The van der Waals surface area contributed by atoms with Gasteiger partial charge < -0.3 is 14.2 Å². The lowest BCUT2D eigenvalue weighted by Crippen LogP contribution is -2.37. The molecule has 1 aromatic rings. The smallest absolute Gasteiger partial charge is 0.404 e. The summed E-state index contributed by atoms with van der Waals surface area (Å²) in [4.78, 5) is -0.578. The third-order valence-corrected chi connectivity index (χ3v) is 5.56. The molecule has 0 heterocycles. The highest BCUT2D eigenvalue weighted by molar-refractivity contribution is 9.10. The van der Waals surface area contributed by atoms with Gasteiger partial charge in [0.15, 0.2) is 5.75 Å². The molecule has 0 aromatic heterocycles. The van der Waals surface area contributed by atoms with E-state index in [1.807, 2.05) is 0 Å². The van der Waals surface area contributed by atoms with Crippen LogP contribution in [0.2, 0.25) is 0 Å². The van der Waals surface area contributed by atoms with Crippen molar-refractivity contribution in [3.63, 3.8) is 0 Å². The second kappa shape index (κ2) is 10.5. The van der Waals surface area contributed by atoms with Gasteiger partial charge in [-0.1, -0.05) is 15.9 Å². The number of nitrogens with zero attached hydrogens (tertiary/aromatic N) is 1. The number of sulfonamides is 1. The summed E-state index contributed by atoms with van der Waals surface area (Å²) in [6, 6.07) is 3.36. The summed E-state index contributed by atoms with van der Waals surface area (Å²) in [6.07, 6.45) is -5.02. The first kappa shape index (κ1) is 23.2. The van der Waals surface area contributed by atoms with Gasteiger partial charge in [-0.15, -0.1) is 13.2 Å². The van der Waals surface area contributed by atoms with E-state index in [1.165, 1.54) is 6.07 Å². The summed E-state index contributed by atoms with van der Waals surface area (Å²) in [7, 11) is -4.25. The standard InChI is InChI=1S/C15H21BrF3NO5S/c1-3-23-9-7-20(8-10-24-4-2)26(21,22)14-6-5-12(16)11-13(14)25-15(17,18)19/h5-6,11H,3-4,7-10H2,1-2H3. The predicted molar refractivity (Wildman–Crippen MR) is 92.6 cm³/mol. The van der Waals surface area contributed by atoms with Crippen LogP contribution in [0.5, 0.6) is 5.75 Å². The van der Waals surface area contributed by atoms with Crippen LogP contribution in [0.4, 0.5) is 13.2 Å². The maximum atomic E-state index is 12.9. The molecule has 0 saturated heterocycles. The minimum atomic E-state index is -5.02. The molecule has 0 aliphatic rings. The fraction of sp³-hybridized carbons (Fsp3) is 0.600. The molecule has 0 fully saturated rings. The van der Waals surface area contributed by atoms with Crippen LogP contribution in [-0.4, -0.2) is 58.6 Å². The van der Waals surface area contributed by atoms with E-state index in [1.54, 1.807) is 13.8 Å². The van der Waals surface area contributed by atoms with E-state index in [0.717, 1.165) is 16.4 Å². The molecule has 11 heteroatoms. The number of halogens is 4. The fourth-order valence-electron chi connectivity index (χ4n) is 2.01. The maximum absolute atomic E-state index is 12.9. The number of rotatable bonds is 11. The zero-order valence-corrected chi connectivity index (χ0v) is 16.8. The van der Waals surface area contributed by atoms with Crippen molar-refractivity contribution in [2.45, 2.75) is 25.1 Å². The Morgan fingerprint density at radius 1 is 1.08 bits per heavy atom. The number of benzene rings is 1. The van der Waals surface area contributed by atoms with Crippen molar-refractivity contribution < 1.29 is 35.8 Å². The van der Waals surface area contributed by atoms with Crippen molar-refractivity contribution >= 4 is 26.0 Å². The highest BCUT2D eigenvalue weighted by Crippen LogP contribution is 2.33. The predicted octanol–water partition coefficient (Wildman–Crippen LogP) is 3.41. The van der Waals surface area contributed by atoms with Gasteiger partial charge in [-0.3, -0.25) is 0 Å². The van der Waals surface area contributed by atoms with E-state index in [-0.39, 0.29) is 30.8 Å². The lowest BCUT2D eigenvalue weighted by atomic mass is 10.3. The quantitative estimate of drug-likeness (QED) is 0.470. The van der Waals surface area contributed by atoms with Gasteiger partial charge in [-0.2, -0.15) is 4.31 Å². The molecule has 26 heavy (non-hydrogen) atoms. The average molecular weight is 464 g/mol. The number of hydrogen-bond acceptors (Lipinski definition) is 5. The topological polar surface area (TPSA) is 65.1 Å². The van der Waals surface area contributed by atoms with Crippen LogP contribution in [0, 0.1) is 0 Å². The summed E-state index contributed by atoms with van der Waals surface area (Å²) in [6.45, 7) is 4.45. The third-order valence-electron chi connectivity index (χ3n) is 3.13.